The molecular formula is C4H6N3O2+. The number of nitrogens with zero attached hydrogens (tertiary/aromatic N) is 2. The minimum atomic E-state index is -0.655. The van der Waals surface area contributed by atoms with Gasteiger partial charge in [0.05, 0.1) is 0 Å². The second-order valence-corrected chi connectivity index (χ2v) is 1.72. The Morgan fingerprint density at radius 2 is 2.56 bits per heavy atom. The smallest absolute Gasteiger partial charge is 0.231 e. The first-order valence-corrected chi connectivity index (χ1v) is 2.50. The highest BCUT2D eigenvalue weighted by molar-refractivity contribution is 5.74. The highest BCUT2D eigenvalue weighted by atomic mass is 16.3. The van der Waals surface area contributed by atoms with Crippen LogP contribution in [-0.2, 0) is 0 Å². The quantitative estimate of drug-likeness (QED) is 0.461. The van der Waals surface area contributed by atoms with Crippen molar-refractivity contribution < 1.29 is 9.55 Å². The third-order valence-electron chi connectivity index (χ3n) is 0.928. The summed E-state index contributed by atoms with van der Waals surface area (Å²) in [6, 6.07) is -0.655. The van der Waals surface area contributed by atoms with E-state index in [-0.39, 0.29) is 10.9 Å². The molecule has 1 atom stereocenters. The van der Waals surface area contributed by atoms with E-state index in [9.17, 15) is 9.70 Å². The summed E-state index contributed by atoms with van der Waals surface area (Å²) < 4.78 is 0.153. The van der Waals surface area contributed by atoms with Gasteiger partial charge >= 0.3 is 6.03 Å². The van der Waals surface area contributed by atoms with E-state index in [1.165, 1.54) is 0 Å². The Hall–Kier alpha value is -1.26. The normalized spacial score (nSPS) is 26.1. The van der Waals surface area contributed by atoms with Gasteiger partial charge in [-0.15, -0.1) is 4.99 Å². The van der Waals surface area contributed by atoms with Crippen LogP contribution in [0.25, 0.3) is 0 Å². The van der Waals surface area contributed by atoms with E-state index in [4.69, 9.17) is 0 Å². The Morgan fingerprint density at radius 1 is 1.89 bits per heavy atom. The van der Waals surface area contributed by atoms with Crippen molar-refractivity contribution >= 4 is 12.4 Å². The van der Waals surface area contributed by atoms with Gasteiger partial charge in [0, 0.05) is 11.7 Å². The number of nitroso groups, excluding NO2 is 1. The summed E-state index contributed by atoms with van der Waals surface area (Å²) in [4.78, 5) is 24.3. The molecule has 1 rings (SSSR count). The molecule has 5 nitrogen and oxygen atoms in total. The fraction of sp³-hybridized carbons (Fsp3) is 0.500. The van der Waals surface area contributed by atoms with Crippen molar-refractivity contribution in [2.45, 2.75) is 13.1 Å². The molecule has 0 spiro atoms. The second-order valence-electron chi connectivity index (χ2n) is 1.72. The summed E-state index contributed by atoms with van der Waals surface area (Å²) in [5, 5.41) is 2.31. The lowest BCUT2D eigenvalue weighted by Gasteiger charge is -2.01. The van der Waals surface area contributed by atoms with E-state index in [0.29, 0.717) is 0 Å². The van der Waals surface area contributed by atoms with Crippen molar-refractivity contribution in [1.29, 1.82) is 0 Å². The van der Waals surface area contributed by atoms with Gasteiger partial charge in [-0.1, -0.05) is 4.91 Å². The van der Waals surface area contributed by atoms with Gasteiger partial charge in [0.15, 0.2) is 0 Å². The number of urea groups is 1. The first-order valence-electron chi connectivity index (χ1n) is 2.50. The summed E-state index contributed by atoms with van der Waals surface area (Å²) in [6.07, 6.45) is 0.687. The molecule has 1 aliphatic heterocycles. The summed E-state index contributed by atoms with van der Waals surface area (Å²) >= 11 is 0. The highest BCUT2D eigenvalue weighted by Gasteiger charge is 2.24. The number of hydrogen-bond donors (Lipinski definition) is 1. The Morgan fingerprint density at radius 3 is 3.00 bits per heavy atom. The molecule has 0 aromatic rings. The number of carbonyl (C=O) groups excluding carboxylic acids is 1. The van der Waals surface area contributed by atoms with Crippen molar-refractivity contribution in [2.24, 2.45) is 4.99 Å². The van der Waals surface area contributed by atoms with Crippen LogP contribution in [0.4, 0.5) is 4.79 Å². The fourth-order valence-corrected chi connectivity index (χ4v) is 0.493. The van der Waals surface area contributed by atoms with E-state index < -0.39 is 6.03 Å². The molecule has 0 fully saturated rings. The maximum atomic E-state index is 10.4. The molecule has 48 valence electrons. The SMILES string of the molecule is CC1N=C[N+](=O)C(=O)N1. The lowest BCUT2D eigenvalue weighted by Crippen LogP contribution is -2.40. The van der Waals surface area contributed by atoms with E-state index in [2.05, 4.69) is 10.3 Å². The minimum absolute atomic E-state index is 0.153. The molecule has 0 saturated carbocycles. The molecule has 0 saturated heterocycles. The molecule has 1 aliphatic rings. The van der Waals surface area contributed by atoms with Crippen LogP contribution in [0.5, 0.6) is 0 Å². The zero-order valence-electron chi connectivity index (χ0n) is 4.87. The van der Waals surface area contributed by atoms with Gasteiger partial charge in [-0.05, 0) is 0 Å². The van der Waals surface area contributed by atoms with E-state index in [1.54, 1.807) is 6.92 Å². The molecule has 0 bridgehead atoms. The Kier molecular flexibility index (Phi) is 1.26. The average molecular weight is 128 g/mol. The van der Waals surface area contributed by atoms with Crippen LogP contribution in [0, 0.1) is 4.91 Å². The summed E-state index contributed by atoms with van der Waals surface area (Å²) in [6.45, 7) is 1.68. The van der Waals surface area contributed by atoms with Gasteiger partial charge in [0.25, 0.3) is 6.34 Å². The lowest BCUT2D eigenvalue weighted by atomic mass is 10.5. The minimum Gasteiger partial charge on any atom is -0.231 e. The molecule has 0 aromatic carbocycles. The molecule has 0 aliphatic carbocycles. The summed E-state index contributed by atoms with van der Waals surface area (Å²) in [7, 11) is 0. The van der Waals surface area contributed by atoms with Crippen LogP contribution in [0.1, 0.15) is 6.92 Å². The molecule has 1 heterocycles. The summed E-state index contributed by atoms with van der Waals surface area (Å²) in [5.74, 6) is 0. The van der Waals surface area contributed by atoms with Crippen LogP contribution in [0.15, 0.2) is 4.99 Å². The van der Waals surface area contributed by atoms with Gasteiger partial charge in [-0.3, -0.25) is 0 Å². The van der Waals surface area contributed by atoms with Crippen molar-refractivity contribution in [1.82, 2.24) is 5.32 Å². The fourth-order valence-electron chi connectivity index (χ4n) is 0.493. The molecule has 0 aromatic heterocycles. The van der Waals surface area contributed by atoms with Crippen LogP contribution < -0.4 is 5.32 Å². The van der Waals surface area contributed by atoms with E-state index >= 15 is 0 Å². The molecular weight excluding hydrogens is 122 g/mol. The van der Waals surface area contributed by atoms with E-state index in [1.807, 2.05) is 0 Å². The van der Waals surface area contributed by atoms with Crippen molar-refractivity contribution in [3.8, 4) is 0 Å². The zero-order valence-corrected chi connectivity index (χ0v) is 4.87. The van der Waals surface area contributed by atoms with Crippen molar-refractivity contribution in [3.05, 3.63) is 4.91 Å². The lowest BCUT2D eigenvalue weighted by molar-refractivity contribution is -0.317. The van der Waals surface area contributed by atoms with E-state index in [0.717, 1.165) is 6.34 Å². The summed E-state index contributed by atoms with van der Waals surface area (Å²) in [5.41, 5.74) is 0. The number of carbonyl (C=O) groups is 1. The number of rotatable bonds is 0. The number of amides is 2. The van der Waals surface area contributed by atoms with Crippen molar-refractivity contribution in [2.75, 3.05) is 0 Å². The molecule has 5 heteroatoms. The van der Waals surface area contributed by atoms with Gasteiger partial charge in [0.1, 0.15) is 0 Å². The number of nitrogens with one attached hydrogen (secondary N) is 1. The topological polar surface area (TPSA) is 61.5 Å². The third-order valence-corrected chi connectivity index (χ3v) is 0.928. The van der Waals surface area contributed by atoms with Gasteiger partial charge in [0.2, 0.25) is 6.17 Å². The predicted octanol–water partition coefficient (Wildman–Crippen LogP) is -0.137. The molecule has 1 N–H and O–H groups in total. The molecule has 1 unspecified atom stereocenters. The Labute approximate surface area is 51.3 Å². The highest BCUT2D eigenvalue weighted by Crippen LogP contribution is 1.89. The first kappa shape index (κ1) is 5.87. The standard InChI is InChI=1S/C4H5N3O2/c1-3-5-2-7(9)4(8)6-3/h2-3H,1H3/p+1. The average Bonchev–Trinajstić information content (AvgIpc) is 1.80. The Balaban J connectivity index is 2.77. The maximum absolute atomic E-state index is 10.4. The second kappa shape index (κ2) is 1.93. The monoisotopic (exact) mass is 128 g/mol. The van der Waals surface area contributed by atoms with Gasteiger partial charge in [-0.25, -0.2) is 10.1 Å². The zero-order chi connectivity index (χ0) is 6.85. The Bertz CT molecular complexity index is 186. The maximum Gasteiger partial charge on any atom is 0.479 e. The van der Waals surface area contributed by atoms with Gasteiger partial charge in [-0.2, -0.15) is 0 Å². The first-order chi connectivity index (χ1) is 4.20. The third kappa shape index (κ3) is 1.10. The largest absolute Gasteiger partial charge is 0.479 e. The number of hydrogen-bond acceptors (Lipinski definition) is 3. The van der Waals surface area contributed by atoms with Crippen LogP contribution in [0.2, 0.25) is 0 Å². The predicted molar refractivity (Wildman–Crippen MR) is 30.1 cm³/mol. The van der Waals surface area contributed by atoms with Crippen LogP contribution in [-0.4, -0.2) is 23.3 Å². The number of aliphatic imine (C=N–C) groups is 1. The molecule has 2 amide bonds. The van der Waals surface area contributed by atoms with Gasteiger partial charge < -0.3 is 0 Å². The molecule has 9 heavy (non-hydrogen) atoms. The van der Waals surface area contributed by atoms with Crippen LogP contribution in [0.3, 0.4) is 0 Å². The van der Waals surface area contributed by atoms with Crippen LogP contribution >= 0.6 is 0 Å². The van der Waals surface area contributed by atoms with Crippen molar-refractivity contribution in [3.63, 3.8) is 0 Å². The molecule has 0 radical (unpaired) electrons.